The van der Waals surface area contributed by atoms with Crippen LogP contribution < -0.4 is 5.56 Å². The molecule has 0 aliphatic heterocycles. The molecular formula is C19H11F3N2OS. The minimum atomic E-state index is -4.37. The van der Waals surface area contributed by atoms with Gasteiger partial charge in [-0.2, -0.15) is 13.2 Å². The Morgan fingerprint density at radius 3 is 2.46 bits per heavy atom. The Morgan fingerprint density at radius 1 is 1.00 bits per heavy atom. The molecule has 0 amide bonds. The van der Waals surface area contributed by atoms with Gasteiger partial charge >= 0.3 is 6.18 Å². The monoisotopic (exact) mass is 372 g/mol. The summed E-state index contributed by atoms with van der Waals surface area (Å²) in [5.41, 5.74) is 1.28. The number of hydrogen-bond acceptors (Lipinski definition) is 3. The number of nitrogens with zero attached hydrogens (tertiary/aromatic N) is 1. The number of pyridine rings is 1. The van der Waals surface area contributed by atoms with Gasteiger partial charge in [0.2, 0.25) is 0 Å². The number of benzene rings is 2. The van der Waals surface area contributed by atoms with Crippen LogP contribution in [0.4, 0.5) is 13.2 Å². The predicted octanol–water partition coefficient (Wildman–Crippen LogP) is 5.34. The molecule has 0 unspecified atom stereocenters. The van der Waals surface area contributed by atoms with Crippen molar-refractivity contribution in [2.75, 3.05) is 0 Å². The number of thiazole rings is 1. The van der Waals surface area contributed by atoms with Crippen LogP contribution in [0.5, 0.6) is 0 Å². The lowest BCUT2D eigenvalue weighted by Crippen LogP contribution is -2.08. The van der Waals surface area contributed by atoms with Gasteiger partial charge in [0.25, 0.3) is 5.56 Å². The van der Waals surface area contributed by atoms with Gasteiger partial charge in [0, 0.05) is 16.5 Å². The van der Waals surface area contributed by atoms with E-state index in [0.29, 0.717) is 21.8 Å². The maximum Gasteiger partial charge on any atom is 0.416 e. The third-order valence-corrected chi connectivity index (χ3v) is 4.88. The Morgan fingerprint density at radius 2 is 1.73 bits per heavy atom. The Kier molecular flexibility index (Phi) is 3.88. The Bertz CT molecular complexity index is 1140. The normalized spacial score (nSPS) is 11.8. The quantitative estimate of drug-likeness (QED) is 0.516. The van der Waals surface area contributed by atoms with E-state index in [9.17, 15) is 18.0 Å². The summed E-state index contributed by atoms with van der Waals surface area (Å²) in [5, 5.41) is 3.17. The standard InChI is InChI=1S/C19H11F3N2OS/c20-19(21,22)13-7-5-11(6-8-13)18-24-16(10-26-18)14-9-12-3-1-2-4-15(12)23-17(14)25/h1-10H,(H,23,25). The highest BCUT2D eigenvalue weighted by Gasteiger charge is 2.30. The van der Waals surface area contributed by atoms with Gasteiger partial charge in [0.15, 0.2) is 0 Å². The summed E-state index contributed by atoms with van der Waals surface area (Å²) in [4.78, 5) is 19.6. The number of H-pyrrole nitrogens is 1. The molecule has 0 saturated carbocycles. The van der Waals surface area contributed by atoms with Crippen molar-refractivity contribution in [3.05, 3.63) is 75.9 Å². The first-order chi connectivity index (χ1) is 12.4. The van der Waals surface area contributed by atoms with E-state index in [1.165, 1.54) is 23.5 Å². The van der Waals surface area contributed by atoms with Crippen LogP contribution in [-0.4, -0.2) is 9.97 Å². The molecule has 7 heteroatoms. The lowest BCUT2D eigenvalue weighted by Gasteiger charge is -2.06. The summed E-state index contributed by atoms with van der Waals surface area (Å²) in [6.45, 7) is 0. The Labute approximate surface area is 149 Å². The topological polar surface area (TPSA) is 45.8 Å². The summed E-state index contributed by atoms with van der Waals surface area (Å²) < 4.78 is 38.0. The number of aromatic nitrogens is 2. The fraction of sp³-hybridized carbons (Fsp3) is 0.0526. The van der Waals surface area contributed by atoms with Gasteiger partial charge in [-0.25, -0.2) is 4.98 Å². The summed E-state index contributed by atoms with van der Waals surface area (Å²) in [7, 11) is 0. The second-order valence-electron chi connectivity index (χ2n) is 5.71. The number of para-hydroxylation sites is 1. The molecule has 0 atom stereocenters. The zero-order chi connectivity index (χ0) is 18.3. The van der Waals surface area contributed by atoms with Gasteiger partial charge in [-0.3, -0.25) is 4.79 Å². The fourth-order valence-electron chi connectivity index (χ4n) is 2.67. The van der Waals surface area contributed by atoms with Crippen molar-refractivity contribution in [1.29, 1.82) is 0 Å². The van der Waals surface area contributed by atoms with Gasteiger partial charge in [-0.05, 0) is 29.7 Å². The molecule has 2 heterocycles. The second-order valence-corrected chi connectivity index (χ2v) is 6.57. The molecule has 4 rings (SSSR count). The van der Waals surface area contributed by atoms with Crippen molar-refractivity contribution in [2.24, 2.45) is 0 Å². The zero-order valence-electron chi connectivity index (χ0n) is 13.2. The minimum absolute atomic E-state index is 0.257. The van der Waals surface area contributed by atoms with Crippen molar-refractivity contribution >= 4 is 22.2 Å². The Hall–Kier alpha value is -2.93. The Balaban J connectivity index is 1.72. The van der Waals surface area contributed by atoms with Crippen LogP contribution in [0.2, 0.25) is 0 Å². The zero-order valence-corrected chi connectivity index (χ0v) is 14.0. The number of halogens is 3. The molecule has 0 aliphatic carbocycles. The first-order valence-electron chi connectivity index (χ1n) is 7.67. The first-order valence-corrected chi connectivity index (χ1v) is 8.55. The maximum atomic E-state index is 12.7. The summed E-state index contributed by atoms with van der Waals surface area (Å²) in [6.07, 6.45) is -4.37. The van der Waals surface area contributed by atoms with E-state index in [1.807, 2.05) is 24.3 Å². The van der Waals surface area contributed by atoms with Gasteiger partial charge in [-0.15, -0.1) is 11.3 Å². The number of rotatable bonds is 2. The van der Waals surface area contributed by atoms with E-state index < -0.39 is 11.7 Å². The van der Waals surface area contributed by atoms with Crippen LogP contribution in [0.15, 0.2) is 64.8 Å². The van der Waals surface area contributed by atoms with E-state index in [1.54, 1.807) is 11.4 Å². The number of hydrogen-bond donors (Lipinski definition) is 1. The fourth-order valence-corrected chi connectivity index (χ4v) is 3.50. The average molecular weight is 372 g/mol. The smallest absolute Gasteiger partial charge is 0.321 e. The predicted molar refractivity (Wildman–Crippen MR) is 96.1 cm³/mol. The van der Waals surface area contributed by atoms with Crippen LogP contribution in [0.1, 0.15) is 5.56 Å². The third kappa shape index (κ3) is 3.01. The minimum Gasteiger partial charge on any atom is -0.321 e. The van der Waals surface area contributed by atoms with Gasteiger partial charge in [-0.1, -0.05) is 30.3 Å². The second kappa shape index (κ2) is 6.10. The molecule has 0 saturated heterocycles. The molecule has 3 nitrogen and oxygen atoms in total. The van der Waals surface area contributed by atoms with Gasteiger partial charge in [0.05, 0.1) is 16.8 Å². The van der Waals surface area contributed by atoms with Crippen molar-refractivity contribution in [3.63, 3.8) is 0 Å². The highest BCUT2D eigenvalue weighted by atomic mass is 32.1. The molecule has 0 bridgehead atoms. The SMILES string of the molecule is O=c1[nH]c2ccccc2cc1-c1csc(-c2ccc(C(F)(F)F)cc2)n1. The largest absolute Gasteiger partial charge is 0.416 e. The average Bonchev–Trinajstić information content (AvgIpc) is 3.10. The van der Waals surface area contributed by atoms with E-state index in [4.69, 9.17) is 0 Å². The van der Waals surface area contributed by atoms with E-state index in [0.717, 1.165) is 23.0 Å². The lowest BCUT2D eigenvalue weighted by atomic mass is 10.1. The number of nitrogens with one attached hydrogen (secondary N) is 1. The van der Waals surface area contributed by atoms with Crippen LogP contribution in [0.25, 0.3) is 32.7 Å². The molecule has 0 aliphatic rings. The molecule has 0 fully saturated rings. The lowest BCUT2D eigenvalue weighted by molar-refractivity contribution is -0.137. The van der Waals surface area contributed by atoms with E-state index in [-0.39, 0.29) is 5.56 Å². The van der Waals surface area contributed by atoms with Crippen LogP contribution in [0, 0.1) is 0 Å². The van der Waals surface area contributed by atoms with Gasteiger partial charge in [0.1, 0.15) is 5.01 Å². The maximum absolute atomic E-state index is 12.7. The molecule has 2 aromatic carbocycles. The molecule has 130 valence electrons. The van der Waals surface area contributed by atoms with Crippen molar-refractivity contribution < 1.29 is 13.2 Å². The molecule has 2 aromatic heterocycles. The van der Waals surface area contributed by atoms with Crippen LogP contribution in [0.3, 0.4) is 0 Å². The summed E-state index contributed by atoms with van der Waals surface area (Å²) in [5.74, 6) is 0. The number of alkyl halides is 3. The number of fused-ring (bicyclic) bond motifs is 1. The molecule has 26 heavy (non-hydrogen) atoms. The third-order valence-electron chi connectivity index (χ3n) is 3.99. The van der Waals surface area contributed by atoms with Crippen LogP contribution >= 0.6 is 11.3 Å². The van der Waals surface area contributed by atoms with E-state index >= 15 is 0 Å². The molecule has 4 aromatic rings. The summed E-state index contributed by atoms with van der Waals surface area (Å²) >= 11 is 1.28. The van der Waals surface area contributed by atoms with Crippen molar-refractivity contribution in [3.8, 4) is 21.8 Å². The molecule has 0 radical (unpaired) electrons. The molecular weight excluding hydrogens is 361 g/mol. The first kappa shape index (κ1) is 16.5. The number of aromatic amines is 1. The molecule has 0 spiro atoms. The molecule has 1 N–H and O–H groups in total. The van der Waals surface area contributed by atoms with E-state index in [2.05, 4.69) is 9.97 Å². The van der Waals surface area contributed by atoms with Crippen molar-refractivity contribution in [2.45, 2.75) is 6.18 Å². The van der Waals surface area contributed by atoms with Crippen LogP contribution in [-0.2, 0) is 6.18 Å². The van der Waals surface area contributed by atoms with Crippen molar-refractivity contribution in [1.82, 2.24) is 9.97 Å². The highest BCUT2D eigenvalue weighted by Crippen LogP contribution is 2.33. The highest BCUT2D eigenvalue weighted by molar-refractivity contribution is 7.13. The van der Waals surface area contributed by atoms with Gasteiger partial charge < -0.3 is 4.98 Å². The summed E-state index contributed by atoms with van der Waals surface area (Å²) in [6, 6.07) is 14.0.